The first-order valence-electron chi connectivity index (χ1n) is 17.5. The molecule has 0 spiro atoms. The van der Waals surface area contributed by atoms with E-state index in [2.05, 4.69) is 128 Å². The standard InChI is InChI=1S/C42H58P2/c1-39(2,3)44(40(4,5)6)28-36-23-38(34-17-13-10-14-18-34)37(33-15-11-9-12-16-33)22-35(36)27-43-41(7,8)29-42-24-30-19-31(25-42)21-32(20-30)26-42/h9-18,22-23,30-32,43H,19-21,24-29H2,1-8H3. The van der Waals surface area contributed by atoms with Crippen LogP contribution in [0.4, 0.5) is 0 Å². The highest BCUT2D eigenvalue weighted by atomic mass is 31.1. The summed E-state index contributed by atoms with van der Waals surface area (Å²) in [6, 6.07) is 27.6. The second-order valence-corrected chi connectivity index (χ2v) is 23.6. The molecular formula is C42H58P2. The summed E-state index contributed by atoms with van der Waals surface area (Å²) < 4.78 is 0. The summed E-state index contributed by atoms with van der Waals surface area (Å²) in [6.07, 6.45) is 13.1. The van der Waals surface area contributed by atoms with Crippen LogP contribution in [0.25, 0.3) is 22.3 Å². The second kappa shape index (κ2) is 12.3. The van der Waals surface area contributed by atoms with Gasteiger partial charge in [0.1, 0.15) is 0 Å². The van der Waals surface area contributed by atoms with Gasteiger partial charge < -0.3 is 0 Å². The molecule has 4 bridgehead atoms. The van der Waals surface area contributed by atoms with Gasteiger partial charge in [-0.1, -0.05) is 124 Å². The van der Waals surface area contributed by atoms with Gasteiger partial charge in [0.05, 0.1) is 0 Å². The van der Waals surface area contributed by atoms with Gasteiger partial charge >= 0.3 is 0 Å². The first-order chi connectivity index (χ1) is 20.7. The van der Waals surface area contributed by atoms with Crippen molar-refractivity contribution >= 4 is 16.5 Å². The molecule has 4 aliphatic carbocycles. The number of hydrogen-bond acceptors (Lipinski definition) is 0. The smallest absolute Gasteiger partial charge is 0.00606 e. The van der Waals surface area contributed by atoms with Gasteiger partial charge in [0, 0.05) is 0 Å². The van der Waals surface area contributed by atoms with E-state index < -0.39 is 0 Å². The quantitative estimate of drug-likeness (QED) is 0.208. The monoisotopic (exact) mass is 624 g/mol. The molecule has 0 saturated heterocycles. The summed E-state index contributed by atoms with van der Waals surface area (Å²) in [5.74, 6) is 3.12. The Morgan fingerprint density at radius 3 is 1.50 bits per heavy atom. The molecule has 4 fully saturated rings. The fraction of sp³-hybridized carbons (Fsp3) is 0.571. The first kappa shape index (κ1) is 32.5. The third kappa shape index (κ3) is 7.24. The van der Waals surface area contributed by atoms with Gasteiger partial charge in [-0.25, -0.2) is 0 Å². The molecular weight excluding hydrogens is 566 g/mol. The minimum Gasteiger partial charge on any atom is -0.112 e. The predicted octanol–water partition coefficient (Wildman–Crippen LogP) is 13.2. The lowest BCUT2D eigenvalue weighted by Crippen LogP contribution is -2.48. The molecule has 2 heteroatoms. The fourth-order valence-electron chi connectivity index (χ4n) is 10.2. The maximum atomic E-state index is 2.62. The summed E-state index contributed by atoms with van der Waals surface area (Å²) in [5, 5.41) is 0.999. The van der Waals surface area contributed by atoms with Crippen molar-refractivity contribution in [3.63, 3.8) is 0 Å². The van der Waals surface area contributed by atoms with Crippen molar-refractivity contribution in [2.75, 3.05) is 0 Å². The van der Waals surface area contributed by atoms with Crippen LogP contribution in [0.1, 0.15) is 111 Å². The van der Waals surface area contributed by atoms with Crippen LogP contribution in [-0.2, 0) is 12.3 Å². The first-order valence-corrected chi connectivity index (χ1v) is 20.2. The van der Waals surface area contributed by atoms with E-state index in [4.69, 9.17) is 0 Å². The minimum absolute atomic E-state index is 0.239. The molecule has 0 radical (unpaired) electrons. The fourth-order valence-corrected chi connectivity index (χ4v) is 15.3. The number of rotatable bonds is 9. The Morgan fingerprint density at radius 1 is 0.636 bits per heavy atom. The highest BCUT2D eigenvalue weighted by Gasteiger charge is 2.52. The van der Waals surface area contributed by atoms with Gasteiger partial charge in [0.2, 0.25) is 0 Å². The molecule has 3 aromatic rings. The summed E-state index contributed by atoms with van der Waals surface area (Å²) >= 11 is 0. The Labute approximate surface area is 273 Å². The third-order valence-electron chi connectivity index (χ3n) is 11.2. The molecule has 0 aliphatic heterocycles. The molecule has 0 heterocycles. The van der Waals surface area contributed by atoms with E-state index in [0.29, 0.717) is 20.9 Å². The Hall–Kier alpha value is -1.48. The second-order valence-electron chi connectivity index (χ2n) is 17.7. The zero-order valence-electron chi connectivity index (χ0n) is 29.0. The van der Waals surface area contributed by atoms with E-state index in [9.17, 15) is 0 Å². The molecule has 44 heavy (non-hydrogen) atoms. The lowest BCUT2D eigenvalue weighted by Gasteiger charge is -2.58. The SMILES string of the molecule is CC(C)(CC12CC3CC(CC(C3)C1)C2)PCc1cc(-c2ccccc2)c(-c2ccccc2)cc1CP(C(C)(C)C)C(C)(C)C. The Bertz CT molecular complexity index is 1370. The Kier molecular flexibility index (Phi) is 9.06. The molecule has 7 rings (SSSR count). The van der Waals surface area contributed by atoms with Crippen LogP contribution in [0.5, 0.6) is 0 Å². The number of hydrogen-bond donors (Lipinski definition) is 0. The Morgan fingerprint density at radius 2 is 1.07 bits per heavy atom. The molecule has 0 N–H and O–H groups in total. The average molecular weight is 625 g/mol. The molecule has 0 amide bonds. The van der Waals surface area contributed by atoms with Gasteiger partial charge in [-0.15, -0.1) is 8.58 Å². The predicted molar refractivity (Wildman–Crippen MR) is 199 cm³/mol. The van der Waals surface area contributed by atoms with E-state index in [1.54, 1.807) is 30.4 Å². The normalized spacial score (nSPS) is 25.4. The summed E-state index contributed by atoms with van der Waals surface area (Å²) in [5.41, 5.74) is 9.33. The zero-order valence-corrected chi connectivity index (χ0v) is 30.9. The molecule has 0 aromatic heterocycles. The molecule has 3 aromatic carbocycles. The summed E-state index contributed by atoms with van der Waals surface area (Å²) in [6.45, 7) is 20.1. The van der Waals surface area contributed by atoms with Crippen molar-refractivity contribution < 1.29 is 0 Å². The van der Waals surface area contributed by atoms with Crippen molar-refractivity contribution in [1.82, 2.24) is 0 Å². The van der Waals surface area contributed by atoms with Crippen LogP contribution in [0.2, 0.25) is 0 Å². The van der Waals surface area contributed by atoms with Gasteiger partial charge in [-0.05, 0) is 141 Å². The van der Waals surface area contributed by atoms with E-state index in [1.165, 1.54) is 60.3 Å². The lowest BCUT2D eigenvalue weighted by atomic mass is 9.48. The molecule has 4 aliphatic rings. The highest BCUT2D eigenvalue weighted by Crippen LogP contribution is 2.64. The summed E-state index contributed by atoms with van der Waals surface area (Å²) in [7, 11) is 0.720. The van der Waals surface area contributed by atoms with Crippen molar-refractivity contribution in [3.05, 3.63) is 83.9 Å². The van der Waals surface area contributed by atoms with Crippen LogP contribution in [-0.4, -0.2) is 15.5 Å². The van der Waals surface area contributed by atoms with E-state index in [1.807, 2.05) is 0 Å². The van der Waals surface area contributed by atoms with E-state index in [-0.39, 0.29) is 7.92 Å². The zero-order chi connectivity index (χ0) is 31.3. The lowest BCUT2D eigenvalue weighted by molar-refractivity contribution is -0.0609. The third-order valence-corrected chi connectivity index (χ3v) is 16.8. The Balaban J connectivity index is 1.37. The van der Waals surface area contributed by atoms with Crippen LogP contribution in [0.3, 0.4) is 0 Å². The van der Waals surface area contributed by atoms with E-state index in [0.717, 1.165) is 26.3 Å². The van der Waals surface area contributed by atoms with Gasteiger partial charge in [0.25, 0.3) is 0 Å². The van der Waals surface area contributed by atoms with E-state index >= 15 is 0 Å². The molecule has 4 saturated carbocycles. The van der Waals surface area contributed by atoms with Crippen LogP contribution in [0.15, 0.2) is 72.8 Å². The van der Waals surface area contributed by atoms with Crippen LogP contribution in [0, 0.1) is 23.2 Å². The van der Waals surface area contributed by atoms with Crippen molar-refractivity contribution in [1.29, 1.82) is 0 Å². The molecule has 1 unspecified atom stereocenters. The molecule has 1 atom stereocenters. The van der Waals surface area contributed by atoms with Crippen molar-refractivity contribution in [3.8, 4) is 22.3 Å². The van der Waals surface area contributed by atoms with Crippen LogP contribution >= 0.6 is 16.5 Å². The minimum atomic E-state index is -0.239. The summed E-state index contributed by atoms with van der Waals surface area (Å²) in [4.78, 5) is 0. The average Bonchev–Trinajstić information content (AvgIpc) is 2.93. The van der Waals surface area contributed by atoms with Crippen molar-refractivity contribution in [2.45, 2.75) is 128 Å². The topological polar surface area (TPSA) is 0 Å². The van der Waals surface area contributed by atoms with Gasteiger partial charge in [-0.3, -0.25) is 0 Å². The largest absolute Gasteiger partial charge is 0.112 e. The highest BCUT2D eigenvalue weighted by molar-refractivity contribution is 7.60. The molecule has 0 nitrogen and oxygen atoms in total. The maximum absolute atomic E-state index is 2.62. The van der Waals surface area contributed by atoms with Gasteiger partial charge in [-0.2, -0.15) is 0 Å². The van der Waals surface area contributed by atoms with Crippen molar-refractivity contribution in [2.24, 2.45) is 23.2 Å². The van der Waals surface area contributed by atoms with Gasteiger partial charge in [0.15, 0.2) is 0 Å². The maximum Gasteiger partial charge on any atom is -0.00606 e. The number of benzene rings is 3. The van der Waals surface area contributed by atoms with Crippen LogP contribution < -0.4 is 0 Å². The molecule has 236 valence electrons.